The molecule has 0 unspecified atom stereocenters. The highest BCUT2D eigenvalue weighted by Gasteiger charge is 2.45. The Morgan fingerprint density at radius 1 is 0.542 bits per heavy atom. The number of aromatic nitrogens is 5. The summed E-state index contributed by atoms with van der Waals surface area (Å²) in [6.45, 7) is 6.48. The van der Waals surface area contributed by atoms with Gasteiger partial charge in [0, 0.05) is 51.8 Å². The van der Waals surface area contributed by atoms with Gasteiger partial charge in [-0.15, -0.1) is 0 Å². The second kappa shape index (κ2) is 12.5. The van der Waals surface area contributed by atoms with Crippen molar-refractivity contribution in [1.29, 1.82) is 0 Å². The van der Waals surface area contributed by atoms with E-state index < -0.39 is 5.41 Å². The predicted molar refractivity (Wildman–Crippen MR) is 238 cm³/mol. The Balaban J connectivity index is 1.08. The largest absolute Gasteiger partial charge is 0.457 e. The van der Waals surface area contributed by atoms with E-state index in [4.69, 9.17) is 19.7 Å². The highest BCUT2D eigenvalue weighted by molar-refractivity contribution is 6.12. The number of aryl methyl sites for hydroxylation is 3. The van der Waals surface area contributed by atoms with E-state index in [0.717, 1.165) is 78.0 Å². The highest BCUT2D eigenvalue weighted by atomic mass is 16.5. The molecule has 0 amide bonds. The van der Waals surface area contributed by atoms with Crippen LogP contribution in [-0.2, 0) is 5.41 Å². The third kappa shape index (κ3) is 4.71. The van der Waals surface area contributed by atoms with Crippen molar-refractivity contribution < 1.29 is 4.74 Å². The van der Waals surface area contributed by atoms with E-state index in [-0.39, 0.29) is 0 Å². The van der Waals surface area contributed by atoms with Gasteiger partial charge in [0.05, 0.1) is 33.3 Å². The summed E-state index contributed by atoms with van der Waals surface area (Å²) in [6.07, 6.45) is 5.90. The van der Waals surface area contributed by atoms with Gasteiger partial charge >= 0.3 is 0 Å². The van der Waals surface area contributed by atoms with Gasteiger partial charge in [-0.2, -0.15) is 0 Å². The number of para-hydroxylation sites is 1. The third-order valence-electron chi connectivity index (χ3n) is 12.4. The second-order valence-electron chi connectivity index (χ2n) is 15.8. The van der Waals surface area contributed by atoms with E-state index >= 15 is 0 Å². The monoisotopic (exact) mass is 759 g/mol. The Labute approximate surface area is 340 Å². The molecule has 0 atom stereocenters. The predicted octanol–water partition coefficient (Wildman–Crippen LogP) is 12.6. The van der Waals surface area contributed by atoms with Gasteiger partial charge in [-0.05, 0) is 103 Å². The lowest BCUT2D eigenvalue weighted by Crippen LogP contribution is -2.35. The average molecular weight is 760 g/mol. The fourth-order valence-electron chi connectivity index (χ4n) is 10.2. The molecule has 12 rings (SSSR count). The second-order valence-corrected chi connectivity index (χ2v) is 15.8. The van der Waals surface area contributed by atoms with Crippen LogP contribution in [0.15, 0.2) is 170 Å². The van der Waals surface area contributed by atoms with Crippen molar-refractivity contribution in [3.63, 3.8) is 0 Å². The number of fused-ring (bicyclic) bond motifs is 11. The molecule has 0 spiro atoms. The van der Waals surface area contributed by atoms with Gasteiger partial charge in [-0.3, -0.25) is 14.0 Å². The number of hydrogen-bond donors (Lipinski definition) is 0. The zero-order chi connectivity index (χ0) is 39.4. The molecule has 5 aromatic heterocycles. The molecular formula is C53H37N5O. The van der Waals surface area contributed by atoms with Crippen LogP contribution in [0, 0.1) is 20.8 Å². The van der Waals surface area contributed by atoms with Crippen LogP contribution >= 0.6 is 0 Å². The average Bonchev–Trinajstić information content (AvgIpc) is 3.86. The normalized spacial score (nSPS) is 13.1. The molecule has 0 saturated carbocycles. The van der Waals surface area contributed by atoms with E-state index in [1.807, 2.05) is 30.6 Å². The van der Waals surface area contributed by atoms with Crippen molar-refractivity contribution in [2.45, 2.75) is 26.2 Å². The Bertz CT molecular complexity index is 3450. The summed E-state index contributed by atoms with van der Waals surface area (Å²) < 4.78 is 11.4. The maximum Gasteiger partial charge on any atom is 0.146 e. The van der Waals surface area contributed by atoms with Crippen molar-refractivity contribution in [1.82, 2.24) is 23.9 Å². The van der Waals surface area contributed by atoms with Crippen LogP contribution in [-0.4, -0.2) is 23.9 Å². The molecule has 0 bridgehead atoms. The van der Waals surface area contributed by atoms with Crippen LogP contribution in [0.5, 0.6) is 11.5 Å². The SMILES string of the molecule is Cc1cc(C)c(-c2cn3c4cccnc4c4ccc(Oc5ccc6c(c5)-n5c7ncccc7c7cccc(c75)C6(c5ccccc5)c5ccccc5)cc4c3n2)c(C)c1. The lowest BCUT2D eigenvalue weighted by Gasteiger charge is -2.41. The number of pyridine rings is 3. The molecule has 0 N–H and O–H groups in total. The molecule has 6 heteroatoms. The molecule has 1 aliphatic rings. The summed E-state index contributed by atoms with van der Waals surface area (Å²) >= 11 is 0. The Morgan fingerprint density at radius 2 is 1.24 bits per heavy atom. The molecule has 6 aromatic carbocycles. The molecular weight excluding hydrogens is 723 g/mol. The minimum Gasteiger partial charge on any atom is -0.457 e. The van der Waals surface area contributed by atoms with Gasteiger partial charge in [-0.25, -0.2) is 9.97 Å². The minimum atomic E-state index is -0.602. The van der Waals surface area contributed by atoms with Crippen molar-refractivity contribution in [2.75, 3.05) is 0 Å². The number of rotatable bonds is 5. The lowest BCUT2D eigenvalue weighted by molar-refractivity contribution is 0.482. The van der Waals surface area contributed by atoms with Crippen molar-refractivity contribution >= 4 is 49.4 Å². The molecule has 0 aliphatic carbocycles. The fourth-order valence-corrected chi connectivity index (χ4v) is 10.2. The lowest BCUT2D eigenvalue weighted by atomic mass is 9.63. The van der Waals surface area contributed by atoms with Gasteiger partial charge in [0.1, 0.15) is 22.8 Å². The van der Waals surface area contributed by atoms with E-state index in [1.165, 1.54) is 38.8 Å². The van der Waals surface area contributed by atoms with Crippen molar-refractivity contribution in [3.8, 4) is 28.4 Å². The smallest absolute Gasteiger partial charge is 0.146 e. The zero-order valence-electron chi connectivity index (χ0n) is 32.8. The third-order valence-corrected chi connectivity index (χ3v) is 12.4. The quantitative estimate of drug-likeness (QED) is 0.164. The first kappa shape index (κ1) is 33.6. The summed E-state index contributed by atoms with van der Waals surface area (Å²) in [5.41, 5.74) is 15.9. The van der Waals surface area contributed by atoms with E-state index in [9.17, 15) is 0 Å². The molecule has 280 valence electrons. The first-order valence-electron chi connectivity index (χ1n) is 20.1. The first-order chi connectivity index (χ1) is 29.0. The number of ether oxygens (including phenoxy) is 1. The summed E-state index contributed by atoms with van der Waals surface area (Å²) in [5.74, 6) is 1.45. The van der Waals surface area contributed by atoms with Gasteiger partial charge in [0.15, 0.2) is 0 Å². The molecule has 6 heterocycles. The van der Waals surface area contributed by atoms with Gasteiger partial charge in [0.25, 0.3) is 0 Å². The fraction of sp³-hybridized carbons (Fsp3) is 0.0755. The van der Waals surface area contributed by atoms with E-state index in [0.29, 0.717) is 0 Å². The zero-order valence-corrected chi connectivity index (χ0v) is 32.8. The van der Waals surface area contributed by atoms with E-state index in [2.05, 4.69) is 169 Å². The summed E-state index contributed by atoms with van der Waals surface area (Å²) in [7, 11) is 0. The minimum absolute atomic E-state index is 0.602. The molecule has 0 fully saturated rings. The molecule has 11 aromatic rings. The van der Waals surface area contributed by atoms with Crippen LogP contribution in [0.3, 0.4) is 0 Å². The molecule has 0 radical (unpaired) electrons. The Kier molecular flexibility index (Phi) is 7.09. The number of benzene rings is 6. The molecule has 1 aliphatic heterocycles. The summed E-state index contributed by atoms with van der Waals surface area (Å²) in [6, 6.07) is 54.1. The van der Waals surface area contributed by atoms with Crippen molar-refractivity contribution in [3.05, 3.63) is 209 Å². The van der Waals surface area contributed by atoms with Crippen LogP contribution in [0.4, 0.5) is 0 Å². The van der Waals surface area contributed by atoms with Gasteiger partial charge in [0.2, 0.25) is 0 Å². The highest BCUT2D eigenvalue weighted by Crippen LogP contribution is 2.54. The number of hydrogen-bond acceptors (Lipinski definition) is 4. The maximum absolute atomic E-state index is 6.92. The van der Waals surface area contributed by atoms with Crippen LogP contribution in [0.1, 0.15) is 38.9 Å². The summed E-state index contributed by atoms with van der Waals surface area (Å²) in [4.78, 5) is 15.2. The molecule has 0 saturated heterocycles. The maximum atomic E-state index is 6.92. The Morgan fingerprint density at radius 3 is 2.02 bits per heavy atom. The Hall–Kier alpha value is -7.57. The standard InChI is InChI=1S/C53H37N5O/c1-32-27-33(2)48(34(3)28-32)45-31-57-46-20-12-25-54-49(46)39-23-21-37(29-42(39)52(57)56-45)59-38-22-24-43-47(30-38)58-50-40(41-18-11-26-55-51(41)58)17-10-19-44(50)53(43,35-13-6-4-7-14-35)36-15-8-5-9-16-36/h4-31H,1-3H3. The number of nitrogens with zero attached hydrogens (tertiary/aromatic N) is 5. The van der Waals surface area contributed by atoms with Crippen LogP contribution in [0.25, 0.3) is 66.3 Å². The topological polar surface area (TPSA) is 57.2 Å². The molecule has 59 heavy (non-hydrogen) atoms. The molecule has 6 nitrogen and oxygen atoms in total. The van der Waals surface area contributed by atoms with Crippen LogP contribution in [0.2, 0.25) is 0 Å². The summed E-state index contributed by atoms with van der Waals surface area (Å²) in [5, 5.41) is 4.30. The number of imidazole rings is 1. The van der Waals surface area contributed by atoms with Crippen molar-refractivity contribution in [2.24, 2.45) is 0 Å². The van der Waals surface area contributed by atoms with Gasteiger partial charge in [-0.1, -0.05) is 103 Å². The first-order valence-corrected chi connectivity index (χ1v) is 20.1. The van der Waals surface area contributed by atoms with Crippen LogP contribution < -0.4 is 4.74 Å². The van der Waals surface area contributed by atoms with E-state index in [1.54, 1.807) is 0 Å². The van der Waals surface area contributed by atoms with Gasteiger partial charge < -0.3 is 4.74 Å².